The van der Waals surface area contributed by atoms with Crippen molar-refractivity contribution in [1.82, 2.24) is 29.9 Å². The Morgan fingerprint density at radius 1 is 1.09 bits per heavy atom. The van der Waals surface area contributed by atoms with Gasteiger partial charge in [0.2, 0.25) is 5.91 Å². The van der Waals surface area contributed by atoms with Crippen LogP contribution in [0.5, 0.6) is 0 Å². The fourth-order valence-electron chi connectivity index (χ4n) is 6.10. The van der Waals surface area contributed by atoms with Gasteiger partial charge in [-0.05, 0) is 108 Å². The standard InChI is InChI=1S/C33H49N7O3S/c1-8-26-29(22(4)38-39(26)20-43-17-18-44(5,6)7)25-13-14-28(34-19-25)36-33(42)31(30(23-9-10-23)24-11-12-24)37-32(41)27-15-16-35-40(27)21(2)3/h13-16,19,21,23-24,30-31H,8-12,17-18,20H2,1-7H3,(H,37,41)(H,34,36,42). The van der Waals surface area contributed by atoms with Crippen molar-refractivity contribution in [1.29, 1.82) is 0 Å². The van der Waals surface area contributed by atoms with Gasteiger partial charge in [-0.1, -0.05) is 6.92 Å². The van der Waals surface area contributed by atoms with Crippen molar-refractivity contribution in [2.45, 2.75) is 78.6 Å². The highest BCUT2D eigenvalue weighted by Gasteiger charge is 2.48. The lowest BCUT2D eigenvalue weighted by molar-refractivity contribution is -0.119. The van der Waals surface area contributed by atoms with E-state index in [9.17, 15) is 9.59 Å². The molecule has 0 spiro atoms. The molecule has 3 aromatic rings. The van der Waals surface area contributed by atoms with Gasteiger partial charge in [0.05, 0.1) is 12.3 Å². The van der Waals surface area contributed by atoms with Crippen LogP contribution in [-0.2, 0) is 22.7 Å². The first-order chi connectivity index (χ1) is 21.0. The fraction of sp³-hybridized carbons (Fsp3) is 0.606. The van der Waals surface area contributed by atoms with Gasteiger partial charge in [0.25, 0.3) is 5.91 Å². The largest absolute Gasteiger partial charge is 0.358 e. The van der Waals surface area contributed by atoms with E-state index >= 15 is 0 Å². The summed E-state index contributed by atoms with van der Waals surface area (Å²) in [7, 11) is -0.604. The van der Waals surface area contributed by atoms with Crippen LogP contribution in [-0.4, -0.2) is 73.5 Å². The maximum atomic E-state index is 13.8. The van der Waals surface area contributed by atoms with Gasteiger partial charge in [-0.25, -0.2) is 19.7 Å². The van der Waals surface area contributed by atoms with E-state index in [1.807, 2.05) is 37.6 Å². The number of nitrogens with zero attached hydrogens (tertiary/aromatic N) is 5. The maximum Gasteiger partial charge on any atom is 0.270 e. The molecule has 2 saturated carbocycles. The van der Waals surface area contributed by atoms with Crippen molar-refractivity contribution in [3.05, 3.63) is 47.7 Å². The van der Waals surface area contributed by atoms with Crippen LogP contribution in [0.15, 0.2) is 30.6 Å². The summed E-state index contributed by atoms with van der Waals surface area (Å²) in [6.45, 7) is 9.25. The zero-order valence-corrected chi connectivity index (χ0v) is 28.1. The molecule has 2 fully saturated rings. The Morgan fingerprint density at radius 2 is 1.80 bits per heavy atom. The van der Waals surface area contributed by atoms with Gasteiger partial charge in [0.1, 0.15) is 24.3 Å². The third kappa shape index (κ3) is 7.72. The molecule has 2 N–H and O–H groups in total. The number of aryl methyl sites for hydroxylation is 1. The number of hydrogen-bond acceptors (Lipinski definition) is 6. The van der Waals surface area contributed by atoms with Gasteiger partial charge < -0.3 is 15.4 Å². The molecule has 5 rings (SSSR count). The van der Waals surface area contributed by atoms with Crippen LogP contribution in [0.4, 0.5) is 5.82 Å². The van der Waals surface area contributed by atoms with Gasteiger partial charge in [-0.3, -0.25) is 14.3 Å². The molecule has 2 amide bonds. The molecule has 0 aliphatic heterocycles. The zero-order valence-electron chi connectivity index (χ0n) is 27.3. The van der Waals surface area contributed by atoms with E-state index in [-0.39, 0.29) is 23.8 Å². The smallest absolute Gasteiger partial charge is 0.270 e. The number of amides is 2. The molecule has 0 aromatic carbocycles. The maximum absolute atomic E-state index is 13.8. The Hall–Kier alpha value is -3.18. The Labute approximate surface area is 263 Å². The number of carbonyl (C=O) groups is 2. The molecule has 10 nitrogen and oxygen atoms in total. The molecule has 0 bridgehead atoms. The van der Waals surface area contributed by atoms with Gasteiger partial charge in [0, 0.05) is 41.0 Å². The number of anilines is 1. The molecule has 240 valence electrons. The van der Waals surface area contributed by atoms with Crippen LogP contribution in [0, 0.1) is 24.7 Å². The molecule has 44 heavy (non-hydrogen) atoms. The summed E-state index contributed by atoms with van der Waals surface area (Å²) in [5, 5.41) is 15.2. The molecule has 11 heteroatoms. The number of pyridine rings is 1. The molecule has 3 aromatic heterocycles. The van der Waals surface area contributed by atoms with E-state index in [4.69, 9.17) is 9.84 Å². The molecule has 0 radical (unpaired) electrons. The van der Waals surface area contributed by atoms with Crippen molar-refractivity contribution in [3.63, 3.8) is 0 Å². The minimum Gasteiger partial charge on any atom is -0.358 e. The molecule has 3 heterocycles. The molecule has 1 unspecified atom stereocenters. The molecule has 2 aliphatic rings. The third-order valence-electron chi connectivity index (χ3n) is 8.60. The summed E-state index contributed by atoms with van der Waals surface area (Å²) in [5.74, 6) is 2.10. The minimum atomic E-state index is -0.633. The first-order valence-electron chi connectivity index (χ1n) is 15.9. The number of hydrogen-bond donors (Lipinski definition) is 2. The highest BCUT2D eigenvalue weighted by atomic mass is 32.3. The number of carbonyl (C=O) groups excluding carboxylic acids is 2. The van der Waals surface area contributed by atoms with Gasteiger partial charge in [0.15, 0.2) is 0 Å². The van der Waals surface area contributed by atoms with Crippen LogP contribution in [0.25, 0.3) is 11.1 Å². The Kier molecular flexibility index (Phi) is 9.84. The average Bonchev–Trinajstić information content (AvgIpc) is 3.90. The van der Waals surface area contributed by atoms with Gasteiger partial charge in [-0.15, -0.1) is 0 Å². The number of rotatable bonds is 15. The van der Waals surface area contributed by atoms with Crippen molar-refractivity contribution in [3.8, 4) is 11.1 Å². The molecule has 2 aliphatic carbocycles. The summed E-state index contributed by atoms with van der Waals surface area (Å²) in [4.78, 5) is 31.9. The summed E-state index contributed by atoms with van der Waals surface area (Å²) < 4.78 is 9.63. The monoisotopic (exact) mass is 623 g/mol. The third-order valence-corrected chi connectivity index (χ3v) is 9.99. The van der Waals surface area contributed by atoms with Crippen molar-refractivity contribution in [2.24, 2.45) is 17.8 Å². The van der Waals surface area contributed by atoms with Crippen molar-refractivity contribution < 1.29 is 14.3 Å². The van der Waals surface area contributed by atoms with E-state index in [1.165, 1.54) is 0 Å². The molecule has 0 saturated heterocycles. The van der Waals surface area contributed by atoms with Gasteiger partial charge >= 0.3 is 0 Å². The lowest BCUT2D eigenvalue weighted by Crippen LogP contribution is -2.50. The Bertz CT molecular complexity index is 1440. The lowest BCUT2D eigenvalue weighted by Gasteiger charge is -2.27. The first-order valence-corrected chi connectivity index (χ1v) is 18.9. The second-order valence-electron chi connectivity index (χ2n) is 13.5. The fourth-order valence-corrected chi connectivity index (χ4v) is 6.72. The number of nitrogens with one attached hydrogen (secondary N) is 2. The lowest BCUT2D eigenvalue weighted by atomic mass is 9.88. The van der Waals surface area contributed by atoms with Crippen LogP contribution < -0.4 is 10.6 Å². The molecule has 1 atom stereocenters. The van der Waals surface area contributed by atoms with Crippen LogP contribution in [0.1, 0.15) is 74.4 Å². The van der Waals surface area contributed by atoms with Crippen LogP contribution in [0.3, 0.4) is 0 Å². The molecular formula is C33H49N7O3S. The minimum absolute atomic E-state index is 0.0364. The second-order valence-corrected chi connectivity index (χ2v) is 18.1. The normalized spacial score (nSPS) is 16.4. The van der Waals surface area contributed by atoms with E-state index in [2.05, 4.69) is 46.4 Å². The highest BCUT2D eigenvalue weighted by molar-refractivity contribution is 8.32. The van der Waals surface area contributed by atoms with Crippen LogP contribution in [0.2, 0.25) is 0 Å². The van der Waals surface area contributed by atoms with E-state index in [1.54, 1.807) is 23.1 Å². The predicted octanol–water partition coefficient (Wildman–Crippen LogP) is 5.43. The Morgan fingerprint density at radius 3 is 2.36 bits per heavy atom. The summed E-state index contributed by atoms with van der Waals surface area (Å²) >= 11 is 0. The summed E-state index contributed by atoms with van der Waals surface area (Å²) in [6, 6.07) is 4.93. The van der Waals surface area contributed by atoms with E-state index in [0.717, 1.165) is 67.0 Å². The highest BCUT2D eigenvalue weighted by Crippen LogP contribution is 2.51. The number of aromatic nitrogens is 5. The first kappa shape index (κ1) is 32.2. The predicted molar refractivity (Wildman–Crippen MR) is 177 cm³/mol. The van der Waals surface area contributed by atoms with Gasteiger partial charge in [-0.2, -0.15) is 10.2 Å². The Balaban J connectivity index is 1.30. The zero-order chi connectivity index (χ0) is 31.6. The average molecular weight is 624 g/mol. The number of ether oxygens (including phenoxy) is 1. The van der Waals surface area contributed by atoms with Crippen molar-refractivity contribution in [2.75, 3.05) is 36.4 Å². The summed E-state index contributed by atoms with van der Waals surface area (Å²) in [6.07, 6.45) is 15.5. The van der Waals surface area contributed by atoms with Crippen molar-refractivity contribution >= 4 is 27.7 Å². The summed E-state index contributed by atoms with van der Waals surface area (Å²) in [5.41, 5.74) is 4.49. The topological polar surface area (TPSA) is 116 Å². The quantitative estimate of drug-likeness (QED) is 0.218. The second kappa shape index (κ2) is 13.4. The molecular weight excluding hydrogens is 574 g/mol. The van der Waals surface area contributed by atoms with Crippen LogP contribution >= 0.6 is 10.0 Å². The van der Waals surface area contributed by atoms with E-state index in [0.29, 0.717) is 30.1 Å². The van der Waals surface area contributed by atoms with E-state index < -0.39 is 16.1 Å². The SMILES string of the molecule is CCc1c(-c2ccc(NC(=O)C(NC(=O)c3ccnn3C(C)C)C(C3CC3)C3CC3)nc2)c(C)nn1COCCS(C)(C)C.